The molecule has 0 aliphatic carbocycles. The number of fused-ring (bicyclic) bond motifs is 1. The van der Waals surface area contributed by atoms with Crippen molar-refractivity contribution in [3.8, 4) is 11.5 Å². The van der Waals surface area contributed by atoms with Crippen molar-refractivity contribution in [3.05, 3.63) is 53.6 Å². The van der Waals surface area contributed by atoms with Gasteiger partial charge in [-0.15, -0.1) is 0 Å². The van der Waals surface area contributed by atoms with Gasteiger partial charge in [-0.3, -0.25) is 0 Å². The Morgan fingerprint density at radius 1 is 1.00 bits per heavy atom. The molecule has 1 unspecified atom stereocenters. The molecule has 0 radical (unpaired) electrons. The fraction of sp³-hybridized carbons (Fsp3) is 0.188. The molecule has 0 bridgehead atoms. The normalized spacial score (nSPS) is 22.3. The summed E-state index contributed by atoms with van der Waals surface area (Å²) >= 11 is 0. The molecule has 0 spiro atoms. The quantitative estimate of drug-likeness (QED) is 0.807. The standard InChI is InChI=1S/C16H15BN2O3/c17-12-3-1-2-10(6-12)16(8-20-15(18)19-16)11-4-5-13-14(7-11)22-9-21-13/h1-7H,8-9,17H2,(H2,18,19). The third-order valence-corrected chi connectivity index (χ3v) is 4.08. The number of rotatable bonds is 2. The highest BCUT2D eigenvalue weighted by Gasteiger charge is 2.40. The van der Waals surface area contributed by atoms with Crippen LogP contribution in [0.15, 0.2) is 47.5 Å². The molecule has 2 aromatic carbocycles. The molecule has 0 saturated carbocycles. The Morgan fingerprint density at radius 3 is 2.59 bits per heavy atom. The second kappa shape index (κ2) is 4.69. The summed E-state index contributed by atoms with van der Waals surface area (Å²) in [4.78, 5) is 4.60. The Labute approximate surface area is 129 Å². The number of aliphatic imine (C=N–C) groups is 1. The number of benzene rings is 2. The van der Waals surface area contributed by atoms with Crippen LogP contribution in [0.3, 0.4) is 0 Å². The van der Waals surface area contributed by atoms with Crippen LogP contribution >= 0.6 is 0 Å². The van der Waals surface area contributed by atoms with Gasteiger partial charge >= 0.3 is 0 Å². The minimum Gasteiger partial charge on any atom is -0.462 e. The third kappa shape index (κ3) is 1.91. The molecule has 2 aliphatic rings. The predicted molar refractivity (Wildman–Crippen MR) is 85.5 cm³/mol. The van der Waals surface area contributed by atoms with Crippen LogP contribution in [0.2, 0.25) is 0 Å². The van der Waals surface area contributed by atoms with E-state index < -0.39 is 5.54 Å². The van der Waals surface area contributed by atoms with Gasteiger partial charge in [-0.1, -0.05) is 35.8 Å². The molecule has 1 atom stereocenters. The number of ether oxygens (including phenoxy) is 3. The summed E-state index contributed by atoms with van der Waals surface area (Å²) in [6.07, 6.45) is 0. The van der Waals surface area contributed by atoms with Gasteiger partial charge in [0.25, 0.3) is 6.02 Å². The van der Waals surface area contributed by atoms with Gasteiger partial charge in [0.05, 0.1) is 0 Å². The summed E-state index contributed by atoms with van der Waals surface area (Å²) in [5.74, 6) is 1.48. The number of nitrogens with zero attached hydrogens (tertiary/aromatic N) is 1. The van der Waals surface area contributed by atoms with Crippen molar-refractivity contribution in [2.45, 2.75) is 5.54 Å². The zero-order valence-corrected chi connectivity index (χ0v) is 12.2. The second-order valence-corrected chi connectivity index (χ2v) is 5.54. The SMILES string of the molecule is Bc1cccc(C2(c3ccc4c(c3)OCO4)COC(N)=N2)c1. The molecule has 6 heteroatoms. The van der Waals surface area contributed by atoms with E-state index in [1.54, 1.807) is 0 Å². The number of nitrogens with two attached hydrogens (primary N) is 1. The minimum absolute atomic E-state index is 0.208. The van der Waals surface area contributed by atoms with Crippen LogP contribution in [0.25, 0.3) is 0 Å². The Morgan fingerprint density at radius 2 is 1.82 bits per heavy atom. The van der Waals surface area contributed by atoms with Crippen LogP contribution in [-0.2, 0) is 10.3 Å². The zero-order valence-electron chi connectivity index (χ0n) is 12.2. The van der Waals surface area contributed by atoms with E-state index in [9.17, 15) is 0 Å². The van der Waals surface area contributed by atoms with E-state index in [2.05, 4.69) is 25.0 Å². The molecule has 4 rings (SSSR count). The first-order valence-electron chi connectivity index (χ1n) is 7.13. The van der Waals surface area contributed by atoms with E-state index in [1.807, 2.05) is 30.3 Å². The van der Waals surface area contributed by atoms with Gasteiger partial charge < -0.3 is 19.9 Å². The van der Waals surface area contributed by atoms with Gasteiger partial charge in [-0.05, 0) is 23.3 Å². The van der Waals surface area contributed by atoms with Crippen LogP contribution < -0.4 is 20.7 Å². The number of hydrogen-bond acceptors (Lipinski definition) is 5. The summed E-state index contributed by atoms with van der Waals surface area (Å²) < 4.78 is 16.4. The maximum Gasteiger partial charge on any atom is 0.283 e. The third-order valence-electron chi connectivity index (χ3n) is 4.08. The summed E-state index contributed by atoms with van der Waals surface area (Å²) in [6, 6.07) is 14.3. The molecule has 110 valence electrons. The molecule has 0 fully saturated rings. The van der Waals surface area contributed by atoms with Crippen molar-refractivity contribution in [1.29, 1.82) is 0 Å². The highest BCUT2D eigenvalue weighted by Crippen LogP contribution is 2.42. The molecule has 0 saturated heterocycles. The van der Waals surface area contributed by atoms with Gasteiger partial charge in [-0.25, -0.2) is 4.99 Å². The first-order valence-corrected chi connectivity index (χ1v) is 7.13. The van der Waals surface area contributed by atoms with Crippen molar-refractivity contribution in [1.82, 2.24) is 0 Å². The van der Waals surface area contributed by atoms with Crippen molar-refractivity contribution in [2.24, 2.45) is 10.7 Å². The van der Waals surface area contributed by atoms with Crippen LogP contribution in [-0.4, -0.2) is 27.3 Å². The molecule has 2 aliphatic heterocycles. The van der Waals surface area contributed by atoms with Crippen molar-refractivity contribution >= 4 is 19.3 Å². The fourth-order valence-electron chi connectivity index (χ4n) is 2.95. The molecule has 0 amide bonds. The highest BCUT2D eigenvalue weighted by atomic mass is 16.7. The second-order valence-electron chi connectivity index (χ2n) is 5.54. The largest absolute Gasteiger partial charge is 0.462 e. The lowest BCUT2D eigenvalue weighted by atomic mass is 9.81. The molecule has 0 aromatic heterocycles. The molecule has 22 heavy (non-hydrogen) atoms. The van der Waals surface area contributed by atoms with Crippen molar-refractivity contribution in [3.63, 3.8) is 0 Å². The van der Waals surface area contributed by atoms with Crippen LogP contribution in [0.5, 0.6) is 11.5 Å². The molecule has 2 N–H and O–H groups in total. The molecule has 2 aromatic rings. The smallest absolute Gasteiger partial charge is 0.283 e. The van der Waals surface area contributed by atoms with E-state index in [4.69, 9.17) is 19.9 Å². The summed E-state index contributed by atoms with van der Waals surface area (Å²) in [5, 5.41) is 0. The summed E-state index contributed by atoms with van der Waals surface area (Å²) in [5.41, 5.74) is 8.35. The first-order chi connectivity index (χ1) is 10.7. The van der Waals surface area contributed by atoms with Crippen molar-refractivity contribution in [2.75, 3.05) is 13.4 Å². The van der Waals surface area contributed by atoms with Gasteiger partial charge in [0, 0.05) is 0 Å². The highest BCUT2D eigenvalue weighted by molar-refractivity contribution is 6.32. The predicted octanol–water partition coefficient (Wildman–Crippen LogP) is 0.262. The molecular formula is C16H15BN2O3. The summed E-state index contributed by atoms with van der Waals surface area (Å²) in [6.45, 7) is 0.625. The number of hydrogen-bond donors (Lipinski definition) is 1. The van der Waals surface area contributed by atoms with E-state index in [0.717, 1.165) is 22.6 Å². The van der Waals surface area contributed by atoms with Gasteiger partial charge in [0.1, 0.15) is 14.5 Å². The van der Waals surface area contributed by atoms with Crippen molar-refractivity contribution < 1.29 is 14.2 Å². The lowest BCUT2D eigenvalue weighted by Crippen LogP contribution is -2.28. The maximum absolute atomic E-state index is 5.81. The average Bonchev–Trinajstić information content (AvgIpc) is 3.13. The maximum atomic E-state index is 5.81. The lowest BCUT2D eigenvalue weighted by molar-refractivity contribution is 0.174. The average molecular weight is 294 g/mol. The first kappa shape index (κ1) is 13.1. The molecule has 5 nitrogen and oxygen atoms in total. The van der Waals surface area contributed by atoms with E-state index in [0.29, 0.717) is 6.61 Å². The Balaban J connectivity index is 1.89. The van der Waals surface area contributed by atoms with E-state index in [-0.39, 0.29) is 12.8 Å². The zero-order chi connectivity index (χ0) is 15.2. The Bertz CT molecular complexity index is 778. The monoisotopic (exact) mass is 294 g/mol. The van der Waals surface area contributed by atoms with Crippen LogP contribution in [0.4, 0.5) is 0 Å². The Hall–Kier alpha value is -2.63. The van der Waals surface area contributed by atoms with Crippen LogP contribution in [0, 0.1) is 0 Å². The molecule has 2 heterocycles. The van der Waals surface area contributed by atoms with Gasteiger partial charge in [0.15, 0.2) is 17.0 Å². The van der Waals surface area contributed by atoms with Crippen LogP contribution in [0.1, 0.15) is 11.1 Å². The topological polar surface area (TPSA) is 66.1 Å². The minimum atomic E-state index is -0.642. The molecular weight excluding hydrogens is 279 g/mol. The summed E-state index contributed by atoms with van der Waals surface area (Å²) in [7, 11) is 2.06. The van der Waals surface area contributed by atoms with E-state index in [1.165, 1.54) is 5.46 Å². The van der Waals surface area contributed by atoms with Gasteiger partial charge in [-0.2, -0.15) is 0 Å². The lowest BCUT2D eigenvalue weighted by Gasteiger charge is -2.25. The fourth-order valence-corrected chi connectivity index (χ4v) is 2.95. The Kier molecular flexibility index (Phi) is 2.79. The van der Waals surface area contributed by atoms with E-state index >= 15 is 0 Å². The van der Waals surface area contributed by atoms with Gasteiger partial charge in [0.2, 0.25) is 6.79 Å². The number of amidine groups is 1.